The molecule has 3 rings (SSSR count). The van der Waals surface area contributed by atoms with Crippen LogP contribution < -0.4 is 10.6 Å². The Labute approximate surface area is 160 Å². The minimum absolute atomic E-state index is 0.251. The molecule has 0 aliphatic heterocycles. The lowest BCUT2D eigenvalue weighted by atomic mass is 10.1. The summed E-state index contributed by atoms with van der Waals surface area (Å²) >= 11 is 3.37. The van der Waals surface area contributed by atoms with Gasteiger partial charge < -0.3 is 10.6 Å². The average molecular weight is 414 g/mol. The van der Waals surface area contributed by atoms with Gasteiger partial charge in [0.05, 0.1) is 0 Å². The van der Waals surface area contributed by atoms with Gasteiger partial charge in [0.25, 0.3) is 0 Å². The van der Waals surface area contributed by atoms with Crippen molar-refractivity contribution in [3.8, 4) is 0 Å². The topological polar surface area (TPSA) is 82.7 Å². The van der Waals surface area contributed by atoms with Crippen molar-refractivity contribution in [2.45, 2.75) is 19.8 Å². The summed E-state index contributed by atoms with van der Waals surface area (Å²) in [5.74, 6) is 1.51. The number of nitrogens with one attached hydrogen (secondary N) is 3. The zero-order chi connectivity index (χ0) is 18.4. The fourth-order valence-corrected chi connectivity index (χ4v) is 2.85. The summed E-state index contributed by atoms with van der Waals surface area (Å²) in [6.45, 7) is 2.53. The molecular weight excluding hydrogens is 394 g/mol. The molecule has 134 valence electrons. The average Bonchev–Trinajstić information content (AvgIpc) is 3.04. The van der Waals surface area contributed by atoms with Crippen LogP contribution in [0.1, 0.15) is 22.8 Å². The molecule has 0 saturated carbocycles. The van der Waals surface area contributed by atoms with Gasteiger partial charge in [-0.15, -0.1) is 0 Å². The summed E-state index contributed by atoms with van der Waals surface area (Å²) in [4.78, 5) is 16.4. The lowest BCUT2D eigenvalue weighted by molar-refractivity contribution is 0.252. The van der Waals surface area contributed by atoms with E-state index in [-0.39, 0.29) is 6.03 Å². The smallest absolute Gasteiger partial charge is 0.319 e. The van der Waals surface area contributed by atoms with E-state index < -0.39 is 0 Å². The maximum absolute atomic E-state index is 11.9. The number of urea groups is 1. The van der Waals surface area contributed by atoms with Crippen molar-refractivity contribution < 1.29 is 4.79 Å². The number of rotatable bonds is 6. The predicted octanol–water partition coefficient (Wildman–Crippen LogP) is 3.83. The van der Waals surface area contributed by atoms with Gasteiger partial charge in [0.15, 0.2) is 5.82 Å². The number of amides is 2. The Morgan fingerprint density at radius 2 is 2.00 bits per heavy atom. The Hall–Kier alpha value is -2.67. The highest BCUT2D eigenvalue weighted by atomic mass is 79.9. The van der Waals surface area contributed by atoms with Gasteiger partial charge in [-0.05, 0) is 30.7 Å². The van der Waals surface area contributed by atoms with Crippen LogP contribution in [-0.4, -0.2) is 27.8 Å². The number of benzene rings is 2. The summed E-state index contributed by atoms with van der Waals surface area (Å²) in [5, 5.41) is 12.8. The Morgan fingerprint density at radius 3 is 2.77 bits per heavy atom. The molecule has 0 fully saturated rings. The first kappa shape index (κ1) is 18.1. The van der Waals surface area contributed by atoms with Gasteiger partial charge in [-0.3, -0.25) is 5.10 Å². The largest absolute Gasteiger partial charge is 0.337 e. The molecule has 0 spiro atoms. The molecule has 0 aliphatic carbocycles. The van der Waals surface area contributed by atoms with Crippen LogP contribution in [0.2, 0.25) is 0 Å². The number of nitrogens with zero attached hydrogens (tertiary/aromatic N) is 2. The SMILES string of the molecule is Cc1ccc(Cc2nc(CCNC(=O)Nc3cccc(Br)c3)n[nH]2)cc1. The summed E-state index contributed by atoms with van der Waals surface area (Å²) in [6, 6.07) is 15.5. The maximum atomic E-state index is 11.9. The molecule has 1 aromatic heterocycles. The van der Waals surface area contributed by atoms with Gasteiger partial charge in [0, 0.05) is 29.5 Å². The van der Waals surface area contributed by atoms with Crippen LogP contribution in [0.4, 0.5) is 10.5 Å². The van der Waals surface area contributed by atoms with Crippen molar-refractivity contribution in [2.24, 2.45) is 0 Å². The van der Waals surface area contributed by atoms with Crippen molar-refractivity contribution in [2.75, 3.05) is 11.9 Å². The zero-order valence-electron chi connectivity index (χ0n) is 14.4. The van der Waals surface area contributed by atoms with Gasteiger partial charge in [-0.25, -0.2) is 9.78 Å². The van der Waals surface area contributed by atoms with Crippen LogP contribution in [0, 0.1) is 6.92 Å². The summed E-state index contributed by atoms with van der Waals surface area (Å²) in [7, 11) is 0. The number of aromatic amines is 1. The van der Waals surface area contributed by atoms with Crippen LogP contribution in [-0.2, 0) is 12.8 Å². The Balaban J connectivity index is 1.44. The molecule has 2 amide bonds. The monoisotopic (exact) mass is 413 g/mol. The molecule has 7 heteroatoms. The second-order valence-corrected chi connectivity index (χ2v) is 6.92. The van der Waals surface area contributed by atoms with E-state index in [1.807, 2.05) is 24.3 Å². The highest BCUT2D eigenvalue weighted by molar-refractivity contribution is 9.10. The normalized spacial score (nSPS) is 10.5. The van der Waals surface area contributed by atoms with E-state index >= 15 is 0 Å². The fourth-order valence-electron chi connectivity index (χ4n) is 2.45. The number of hydrogen-bond acceptors (Lipinski definition) is 3. The molecular formula is C19H20BrN5O. The first-order chi connectivity index (χ1) is 12.6. The Kier molecular flexibility index (Phi) is 6.01. The highest BCUT2D eigenvalue weighted by Crippen LogP contribution is 2.15. The molecule has 1 heterocycles. The quantitative estimate of drug-likeness (QED) is 0.573. The molecule has 0 saturated heterocycles. The summed E-state index contributed by atoms with van der Waals surface area (Å²) in [5.41, 5.74) is 3.15. The molecule has 3 N–H and O–H groups in total. The van der Waals surface area contributed by atoms with Crippen LogP contribution in [0.25, 0.3) is 0 Å². The van der Waals surface area contributed by atoms with E-state index in [0.29, 0.717) is 25.2 Å². The van der Waals surface area contributed by atoms with Gasteiger partial charge in [0.1, 0.15) is 5.82 Å². The molecule has 0 bridgehead atoms. The number of anilines is 1. The maximum Gasteiger partial charge on any atom is 0.319 e. The molecule has 6 nitrogen and oxygen atoms in total. The molecule has 0 aliphatic rings. The zero-order valence-corrected chi connectivity index (χ0v) is 16.0. The number of aryl methyl sites for hydroxylation is 1. The van der Waals surface area contributed by atoms with E-state index in [1.54, 1.807) is 0 Å². The Bertz CT molecular complexity index is 876. The lowest BCUT2D eigenvalue weighted by Gasteiger charge is -2.06. The third-order valence-corrected chi connectivity index (χ3v) is 4.28. The molecule has 0 unspecified atom stereocenters. The van der Waals surface area contributed by atoms with Crippen LogP contribution in [0.5, 0.6) is 0 Å². The van der Waals surface area contributed by atoms with Crippen molar-refractivity contribution in [3.05, 3.63) is 75.8 Å². The third kappa shape index (κ3) is 5.42. The second-order valence-electron chi connectivity index (χ2n) is 6.00. The van der Waals surface area contributed by atoms with Crippen LogP contribution in [0.3, 0.4) is 0 Å². The van der Waals surface area contributed by atoms with E-state index in [9.17, 15) is 4.79 Å². The van der Waals surface area contributed by atoms with E-state index in [2.05, 4.69) is 72.9 Å². The van der Waals surface area contributed by atoms with E-state index in [4.69, 9.17) is 0 Å². The summed E-state index contributed by atoms with van der Waals surface area (Å²) in [6.07, 6.45) is 1.28. The lowest BCUT2D eigenvalue weighted by Crippen LogP contribution is -2.30. The van der Waals surface area contributed by atoms with Crippen molar-refractivity contribution in [1.29, 1.82) is 0 Å². The van der Waals surface area contributed by atoms with Gasteiger partial charge >= 0.3 is 6.03 Å². The number of halogens is 1. The second kappa shape index (κ2) is 8.62. The molecule has 0 radical (unpaired) electrons. The van der Waals surface area contributed by atoms with Crippen molar-refractivity contribution in [1.82, 2.24) is 20.5 Å². The van der Waals surface area contributed by atoms with Gasteiger partial charge in [0.2, 0.25) is 0 Å². The molecule has 26 heavy (non-hydrogen) atoms. The minimum atomic E-state index is -0.251. The first-order valence-corrected chi connectivity index (χ1v) is 9.14. The van der Waals surface area contributed by atoms with Crippen molar-refractivity contribution in [3.63, 3.8) is 0 Å². The highest BCUT2D eigenvalue weighted by Gasteiger charge is 2.06. The molecule has 0 atom stereocenters. The van der Waals surface area contributed by atoms with E-state index in [1.165, 1.54) is 11.1 Å². The number of H-pyrrole nitrogens is 1. The van der Waals surface area contributed by atoms with Gasteiger partial charge in [-0.1, -0.05) is 51.8 Å². The van der Waals surface area contributed by atoms with Gasteiger partial charge in [-0.2, -0.15) is 5.10 Å². The first-order valence-electron chi connectivity index (χ1n) is 8.34. The van der Waals surface area contributed by atoms with Crippen LogP contribution >= 0.6 is 15.9 Å². The number of aromatic nitrogens is 3. The standard InChI is InChI=1S/C19H20BrN5O/c1-13-5-7-14(8-6-13)11-18-23-17(24-25-18)9-10-21-19(26)22-16-4-2-3-15(20)12-16/h2-8,12H,9-11H2,1H3,(H2,21,22,26)(H,23,24,25). The predicted molar refractivity (Wildman–Crippen MR) is 105 cm³/mol. The van der Waals surface area contributed by atoms with E-state index in [0.717, 1.165) is 16.0 Å². The molecule has 3 aromatic rings. The summed E-state index contributed by atoms with van der Waals surface area (Å²) < 4.78 is 0.914. The number of carbonyl (C=O) groups excluding carboxylic acids is 1. The molecule has 2 aromatic carbocycles. The van der Waals surface area contributed by atoms with Crippen LogP contribution in [0.15, 0.2) is 53.0 Å². The third-order valence-electron chi connectivity index (χ3n) is 3.79. The Morgan fingerprint density at radius 1 is 1.19 bits per heavy atom. The minimum Gasteiger partial charge on any atom is -0.337 e. The fraction of sp³-hybridized carbons (Fsp3) is 0.211. The number of carbonyl (C=O) groups is 1. The van der Waals surface area contributed by atoms with Crippen molar-refractivity contribution >= 4 is 27.6 Å². The number of hydrogen-bond donors (Lipinski definition) is 3.